The molecule has 234 valence electrons. The van der Waals surface area contributed by atoms with Crippen LogP contribution in [0.5, 0.6) is 0 Å². The van der Waals surface area contributed by atoms with Crippen LogP contribution >= 0.6 is 0 Å². The van der Waals surface area contributed by atoms with Gasteiger partial charge in [-0.2, -0.15) is 0 Å². The molecular formula is C31H42N2O9Si. The van der Waals surface area contributed by atoms with Crippen LogP contribution in [-0.2, 0) is 34.8 Å². The van der Waals surface area contributed by atoms with Crippen LogP contribution in [0.15, 0.2) is 48.5 Å². The molecule has 3 aliphatic heterocycles. The second-order valence-electron chi connectivity index (χ2n) is 12.2. The molecule has 0 N–H and O–H groups in total. The molecule has 5 rings (SSSR count). The molecule has 2 bridgehead atoms. The molecule has 0 aliphatic carbocycles. The number of β-lactam (4-membered cyclic amide) rings is 1. The number of carbonyl (C=O) groups is 3. The van der Waals surface area contributed by atoms with Gasteiger partial charge in [0.15, 0.2) is 8.32 Å². The number of likely N-dealkylation sites (tertiary alicyclic amines) is 1. The number of fused-ring (bicyclic) bond motifs is 4. The van der Waals surface area contributed by atoms with Crippen molar-refractivity contribution in [1.82, 2.24) is 4.90 Å². The number of nitro benzene ring substituents is 1. The van der Waals surface area contributed by atoms with E-state index in [1.165, 1.54) is 19.2 Å². The predicted molar refractivity (Wildman–Crippen MR) is 162 cm³/mol. The van der Waals surface area contributed by atoms with Crippen LogP contribution in [-0.4, -0.2) is 61.8 Å². The highest BCUT2D eigenvalue weighted by Crippen LogP contribution is 2.41. The summed E-state index contributed by atoms with van der Waals surface area (Å²) < 4.78 is 21.7. The minimum Gasteiger partial charge on any atom is -0.459 e. The summed E-state index contributed by atoms with van der Waals surface area (Å²) in [5.41, 5.74) is 2.06. The molecule has 0 aromatic heterocycles. The van der Waals surface area contributed by atoms with Crippen molar-refractivity contribution in [1.29, 1.82) is 0 Å². The van der Waals surface area contributed by atoms with Gasteiger partial charge in [0.1, 0.15) is 13.2 Å². The Hall–Kier alpha value is -3.61. The topological polar surface area (TPSA) is 135 Å². The number of non-ortho nitro benzene ring substituents is 1. The number of benzene rings is 2. The summed E-state index contributed by atoms with van der Waals surface area (Å²) in [6, 6.07) is 12.9. The van der Waals surface area contributed by atoms with E-state index >= 15 is 0 Å². The molecule has 2 aromatic carbocycles. The minimum atomic E-state index is -2.01. The number of hydrogen-bond donors (Lipinski definition) is 0. The van der Waals surface area contributed by atoms with Gasteiger partial charge in [0.2, 0.25) is 12.2 Å². The van der Waals surface area contributed by atoms with E-state index in [9.17, 15) is 24.5 Å². The Labute approximate surface area is 253 Å². The molecule has 1 saturated heterocycles. The minimum absolute atomic E-state index is 0.00393. The van der Waals surface area contributed by atoms with Crippen molar-refractivity contribution in [3.8, 4) is 0 Å². The van der Waals surface area contributed by atoms with Crippen LogP contribution in [0.2, 0.25) is 18.1 Å². The van der Waals surface area contributed by atoms with Crippen molar-refractivity contribution in [3.63, 3.8) is 0 Å². The van der Waals surface area contributed by atoms with Crippen molar-refractivity contribution in [2.45, 2.75) is 84.2 Å². The molecule has 0 radical (unpaired) electrons. The van der Waals surface area contributed by atoms with Crippen molar-refractivity contribution in [2.75, 3.05) is 13.7 Å². The fraction of sp³-hybridized carbons (Fsp3) is 0.516. The quantitative estimate of drug-likeness (QED) is 0.107. The normalized spacial score (nSPS) is 20.3. The number of nitro groups is 1. The summed E-state index contributed by atoms with van der Waals surface area (Å²) in [5, 5.41) is 10.8. The summed E-state index contributed by atoms with van der Waals surface area (Å²) in [4.78, 5) is 48.1. The van der Waals surface area contributed by atoms with E-state index in [1.807, 2.05) is 26.0 Å². The maximum absolute atomic E-state index is 12.8. The average molecular weight is 615 g/mol. The van der Waals surface area contributed by atoms with Gasteiger partial charge in [0.05, 0.1) is 22.5 Å². The Morgan fingerprint density at radius 3 is 2.21 bits per heavy atom. The third-order valence-electron chi connectivity index (χ3n) is 8.29. The monoisotopic (exact) mass is 614 g/mol. The van der Waals surface area contributed by atoms with Crippen LogP contribution in [0.1, 0.15) is 68.8 Å². The molecule has 43 heavy (non-hydrogen) atoms. The number of methoxy groups -OCH3 is 1. The molecule has 1 amide bonds. The highest BCUT2D eigenvalue weighted by molar-refractivity contribution is 6.74. The number of hydrogen-bond acceptors (Lipinski definition) is 9. The van der Waals surface area contributed by atoms with E-state index in [0.717, 1.165) is 12.0 Å². The SMILES string of the molecule is CCC1C(C(C)O[Si](C)(C)C(C)(C)C)C(=O)N1CC(=O)OCc1ccc([N+](=O)[O-])cc1.COC1OC(=O)c2ccc1cc2. The Morgan fingerprint density at radius 2 is 1.70 bits per heavy atom. The predicted octanol–water partition coefficient (Wildman–Crippen LogP) is 5.79. The second-order valence-corrected chi connectivity index (χ2v) is 17.0. The van der Waals surface area contributed by atoms with E-state index in [0.29, 0.717) is 11.1 Å². The van der Waals surface area contributed by atoms with Crippen molar-refractivity contribution >= 4 is 31.9 Å². The molecule has 4 atom stereocenters. The van der Waals surface area contributed by atoms with E-state index in [4.69, 9.17) is 18.6 Å². The molecular weight excluding hydrogens is 572 g/mol. The summed E-state index contributed by atoms with van der Waals surface area (Å²) in [6.45, 7) is 14.7. The first kappa shape index (κ1) is 33.9. The molecule has 4 unspecified atom stereocenters. The molecule has 0 spiro atoms. The highest BCUT2D eigenvalue weighted by Gasteiger charge is 2.52. The van der Waals surface area contributed by atoms with Gasteiger partial charge in [-0.25, -0.2) is 4.79 Å². The molecule has 2 aromatic rings. The number of carbonyl (C=O) groups excluding carboxylic acids is 3. The van der Waals surface area contributed by atoms with E-state index in [-0.39, 0.29) is 53.8 Å². The molecule has 1 fully saturated rings. The molecule has 0 saturated carbocycles. The molecule has 11 nitrogen and oxygen atoms in total. The molecule has 12 heteroatoms. The van der Waals surface area contributed by atoms with Gasteiger partial charge in [-0.05, 0) is 61.3 Å². The number of esters is 2. The average Bonchev–Trinajstić information content (AvgIpc) is 3.20. The van der Waals surface area contributed by atoms with Gasteiger partial charge in [-0.1, -0.05) is 39.8 Å². The Kier molecular flexibility index (Phi) is 10.9. The second kappa shape index (κ2) is 13.8. The summed E-state index contributed by atoms with van der Waals surface area (Å²) in [5.74, 6) is -1.16. The first-order chi connectivity index (χ1) is 20.1. The zero-order chi connectivity index (χ0) is 32.1. The lowest BCUT2D eigenvalue weighted by atomic mass is 9.82. The van der Waals surface area contributed by atoms with E-state index in [1.54, 1.807) is 29.2 Å². The van der Waals surface area contributed by atoms with Gasteiger partial charge in [-0.3, -0.25) is 19.7 Å². The standard InChI is InChI=1S/C22H34N2O6Si.C9H8O3/c1-8-18-20(15(2)30-31(6,7)22(3,4)5)21(26)23(18)13-19(25)29-14-16-9-11-17(12-10-16)24(27)28;1-11-9-7-4-2-6(3-5-7)8(10)12-9/h9-12,15,18,20H,8,13-14H2,1-7H3;2-5,9H,1H3. The fourth-order valence-corrected chi connectivity index (χ4v) is 6.22. The first-order valence-electron chi connectivity index (χ1n) is 14.3. The van der Waals surface area contributed by atoms with Crippen LogP contribution in [0.25, 0.3) is 0 Å². The first-order valence-corrected chi connectivity index (χ1v) is 17.2. The summed E-state index contributed by atoms with van der Waals surface area (Å²) in [7, 11) is -0.495. The van der Waals surface area contributed by atoms with Crippen LogP contribution in [0.4, 0.5) is 5.69 Å². The third kappa shape index (κ3) is 8.06. The molecule has 3 heterocycles. The largest absolute Gasteiger partial charge is 0.459 e. The Bertz CT molecular complexity index is 1310. The zero-order valence-corrected chi connectivity index (χ0v) is 27.1. The summed E-state index contributed by atoms with van der Waals surface area (Å²) >= 11 is 0. The van der Waals surface area contributed by atoms with Gasteiger partial charge in [-0.15, -0.1) is 0 Å². The van der Waals surface area contributed by atoms with E-state index < -0.39 is 25.5 Å². The Balaban J connectivity index is 0.000000347. The van der Waals surface area contributed by atoms with Crippen LogP contribution in [0.3, 0.4) is 0 Å². The van der Waals surface area contributed by atoms with Gasteiger partial charge in [0, 0.05) is 30.8 Å². The molecule has 3 aliphatic rings. The van der Waals surface area contributed by atoms with Gasteiger partial charge < -0.3 is 23.5 Å². The van der Waals surface area contributed by atoms with Crippen molar-refractivity contribution in [3.05, 3.63) is 75.3 Å². The zero-order valence-electron chi connectivity index (χ0n) is 26.1. The maximum Gasteiger partial charge on any atom is 0.340 e. The lowest BCUT2D eigenvalue weighted by molar-refractivity contribution is -0.384. The highest BCUT2D eigenvalue weighted by atomic mass is 28.4. The third-order valence-corrected chi connectivity index (χ3v) is 12.9. The lowest BCUT2D eigenvalue weighted by Gasteiger charge is -2.50. The number of amides is 1. The van der Waals surface area contributed by atoms with Crippen molar-refractivity contribution < 1.29 is 37.9 Å². The maximum atomic E-state index is 12.8. The number of nitrogens with zero attached hydrogens (tertiary/aromatic N) is 2. The summed E-state index contributed by atoms with van der Waals surface area (Å²) in [6.07, 6.45) is -0.0206. The smallest absolute Gasteiger partial charge is 0.340 e. The lowest BCUT2D eigenvalue weighted by Crippen LogP contribution is -2.66. The van der Waals surface area contributed by atoms with Crippen LogP contribution < -0.4 is 0 Å². The number of rotatable bonds is 10. The number of ether oxygens (including phenoxy) is 3. The van der Waals surface area contributed by atoms with Gasteiger partial charge >= 0.3 is 11.9 Å². The van der Waals surface area contributed by atoms with E-state index in [2.05, 4.69) is 33.9 Å². The van der Waals surface area contributed by atoms with Gasteiger partial charge in [0.25, 0.3) is 5.69 Å². The fourth-order valence-electron chi connectivity index (χ4n) is 4.79. The Morgan fingerprint density at radius 1 is 1.09 bits per heavy atom. The van der Waals surface area contributed by atoms with Crippen LogP contribution in [0, 0.1) is 16.0 Å². The van der Waals surface area contributed by atoms with Crippen molar-refractivity contribution in [2.24, 2.45) is 5.92 Å².